The fraction of sp³-hybridized carbons (Fsp3) is 0.500. The fourth-order valence-corrected chi connectivity index (χ4v) is 2.43. The first kappa shape index (κ1) is 12.1. The second kappa shape index (κ2) is 5.80. The maximum absolute atomic E-state index is 13.3. The summed E-state index contributed by atoms with van der Waals surface area (Å²) < 4.78 is 13.3. The van der Waals surface area contributed by atoms with Crippen LogP contribution in [0.15, 0.2) is 24.3 Å². The molecule has 0 heterocycles. The van der Waals surface area contributed by atoms with Crippen molar-refractivity contribution in [2.75, 3.05) is 6.54 Å². The number of carbonyl (C=O) groups excluding carboxylic acids is 1. The predicted molar refractivity (Wildman–Crippen MR) is 65.3 cm³/mol. The van der Waals surface area contributed by atoms with Crippen molar-refractivity contribution in [1.29, 1.82) is 0 Å². The third-order valence-corrected chi connectivity index (χ3v) is 3.43. The summed E-state index contributed by atoms with van der Waals surface area (Å²) >= 11 is 0. The van der Waals surface area contributed by atoms with Crippen LogP contribution < -0.4 is 5.32 Å². The average Bonchev–Trinajstić information content (AvgIpc) is 2.82. The van der Waals surface area contributed by atoms with Gasteiger partial charge in [-0.1, -0.05) is 37.8 Å². The van der Waals surface area contributed by atoms with E-state index in [9.17, 15) is 9.18 Å². The highest BCUT2D eigenvalue weighted by Gasteiger charge is 2.15. The molecule has 1 aromatic rings. The van der Waals surface area contributed by atoms with Crippen LogP contribution in [0.1, 0.15) is 42.5 Å². The van der Waals surface area contributed by atoms with Crippen LogP contribution in [-0.4, -0.2) is 12.5 Å². The zero-order chi connectivity index (χ0) is 12.1. The molecule has 1 saturated carbocycles. The molecule has 1 aromatic carbocycles. The number of rotatable bonds is 4. The van der Waals surface area contributed by atoms with Gasteiger partial charge in [0.2, 0.25) is 0 Å². The van der Waals surface area contributed by atoms with Crippen LogP contribution in [0, 0.1) is 11.7 Å². The van der Waals surface area contributed by atoms with Gasteiger partial charge in [-0.15, -0.1) is 0 Å². The van der Waals surface area contributed by atoms with Gasteiger partial charge >= 0.3 is 0 Å². The highest BCUT2D eigenvalue weighted by atomic mass is 19.1. The number of nitrogens with one attached hydrogen (secondary N) is 1. The maximum atomic E-state index is 13.3. The monoisotopic (exact) mass is 235 g/mol. The first-order valence-electron chi connectivity index (χ1n) is 6.30. The Kier molecular flexibility index (Phi) is 4.13. The Morgan fingerprint density at radius 2 is 2.00 bits per heavy atom. The lowest BCUT2D eigenvalue weighted by Gasteiger charge is -2.10. The van der Waals surface area contributed by atoms with E-state index in [0.29, 0.717) is 6.54 Å². The molecule has 0 unspecified atom stereocenters. The van der Waals surface area contributed by atoms with E-state index in [0.717, 1.165) is 12.3 Å². The van der Waals surface area contributed by atoms with Crippen LogP contribution in [0.25, 0.3) is 0 Å². The van der Waals surface area contributed by atoms with Gasteiger partial charge in [0.1, 0.15) is 5.82 Å². The highest BCUT2D eigenvalue weighted by molar-refractivity contribution is 5.94. The Hall–Kier alpha value is -1.38. The molecule has 2 nitrogen and oxygen atoms in total. The Bertz CT molecular complexity index is 386. The Morgan fingerprint density at radius 3 is 2.71 bits per heavy atom. The molecular formula is C14H18FNO. The van der Waals surface area contributed by atoms with Gasteiger partial charge in [-0.05, 0) is 24.5 Å². The van der Waals surface area contributed by atoms with Crippen molar-refractivity contribution in [3.05, 3.63) is 35.6 Å². The third kappa shape index (κ3) is 3.29. The van der Waals surface area contributed by atoms with Crippen molar-refractivity contribution < 1.29 is 9.18 Å². The van der Waals surface area contributed by atoms with Crippen LogP contribution in [-0.2, 0) is 0 Å². The first-order valence-corrected chi connectivity index (χ1v) is 6.30. The lowest BCUT2D eigenvalue weighted by Crippen LogP contribution is -2.26. The molecule has 92 valence electrons. The van der Waals surface area contributed by atoms with E-state index < -0.39 is 5.82 Å². The minimum atomic E-state index is -0.453. The summed E-state index contributed by atoms with van der Waals surface area (Å²) in [6.45, 7) is 0.651. The van der Waals surface area contributed by atoms with Gasteiger partial charge in [-0.3, -0.25) is 4.79 Å². The molecule has 1 N–H and O–H groups in total. The van der Waals surface area contributed by atoms with Crippen molar-refractivity contribution in [1.82, 2.24) is 5.32 Å². The normalized spacial score (nSPS) is 16.1. The molecule has 1 aliphatic rings. The lowest BCUT2D eigenvalue weighted by molar-refractivity contribution is 0.0947. The van der Waals surface area contributed by atoms with Gasteiger partial charge in [-0.25, -0.2) is 4.39 Å². The van der Waals surface area contributed by atoms with Gasteiger partial charge in [0.15, 0.2) is 0 Å². The van der Waals surface area contributed by atoms with Gasteiger partial charge in [-0.2, -0.15) is 0 Å². The van der Waals surface area contributed by atoms with Crippen molar-refractivity contribution >= 4 is 5.91 Å². The number of hydrogen-bond donors (Lipinski definition) is 1. The summed E-state index contributed by atoms with van der Waals surface area (Å²) in [5.41, 5.74) is 0.138. The van der Waals surface area contributed by atoms with E-state index in [-0.39, 0.29) is 11.5 Å². The Labute approximate surface area is 101 Å². The van der Waals surface area contributed by atoms with Crippen LogP contribution >= 0.6 is 0 Å². The van der Waals surface area contributed by atoms with Crippen LogP contribution in [0.3, 0.4) is 0 Å². The zero-order valence-corrected chi connectivity index (χ0v) is 9.92. The molecule has 1 aliphatic carbocycles. The molecular weight excluding hydrogens is 217 g/mol. The number of carbonyl (C=O) groups is 1. The molecule has 17 heavy (non-hydrogen) atoms. The molecule has 1 fully saturated rings. The van der Waals surface area contributed by atoms with E-state index in [1.54, 1.807) is 12.1 Å². The summed E-state index contributed by atoms with van der Waals surface area (Å²) in [5, 5.41) is 2.79. The van der Waals surface area contributed by atoms with E-state index in [4.69, 9.17) is 0 Å². The summed E-state index contributed by atoms with van der Waals surface area (Å²) in [6.07, 6.45) is 6.18. The van der Waals surface area contributed by atoms with E-state index >= 15 is 0 Å². The molecule has 1 amide bonds. The molecule has 0 radical (unpaired) electrons. The minimum absolute atomic E-state index is 0.138. The molecule has 0 bridgehead atoms. The SMILES string of the molecule is O=C(NCCC1CCCC1)c1ccccc1F. The molecule has 0 aliphatic heterocycles. The Balaban J connectivity index is 1.79. The molecule has 0 spiro atoms. The predicted octanol–water partition coefficient (Wildman–Crippen LogP) is 3.14. The fourth-order valence-electron chi connectivity index (χ4n) is 2.43. The highest BCUT2D eigenvalue weighted by Crippen LogP contribution is 2.26. The average molecular weight is 235 g/mol. The van der Waals surface area contributed by atoms with Crippen molar-refractivity contribution in [3.63, 3.8) is 0 Å². The summed E-state index contributed by atoms with van der Waals surface area (Å²) in [7, 11) is 0. The summed E-state index contributed by atoms with van der Waals surface area (Å²) in [4.78, 5) is 11.7. The maximum Gasteiger partial charge on any atom is 0.254 e. The number of hydrogen-bond acceptors (Lipinski definition) is 1. The number of amides is 1. The van der Waals surface area contributed by atoms with Gasteiger partial charge in [0.05, 0.1) is 5.56 Å². The summed E-state index contributed by atoms with van der Waals surface area (Å²) in [5.74, 6) is -0.0112. The zero-order valence-electron chi connectivity index (χ0n) is 9.92. The largest absolute Gasteiger partial charge is 0.352 e. The standard InChI is InChI=1S/C14H18FNO/c15-13-8-4-3-7-12(13)14(17)16-10-9-11-5-1-2-6-11/h3-4,7-8,11H,1-2,5-6,9-10H2,(H,16,17). The first-order chi connectivity index (χ1) is 8.27. The minimum Gasteiger partial charge on any atom is -0.352 e. The van der Waals surface area contributed by atoms with Gasteiger partial charge in [0.25, 0.3) is 5.91 Å². The van der Waals surface area contributed by atoms with Crippen molar-refractivity contribution in [2.24, 2.45) is 5.92 Å². The topological polar surface area (TPSA) is 29.1 Å². The lowest BCUT2D eigenvalue weighted by atomic mass is 10.0. The molecule has 0 aromatic heterocycles. The smallest absolute Gasteiger partial charge is 0.254 e. The second-order valence-electron chi connectivity index (χ2n) is 4.67. The molecule has 2 rings (SSSR count). The van der Waals surface area contributed by atoms with Crippen molar-refractivity contribution in [3.8, 4) is 0 Å². The van der Waals surface area contributed by atoms with E-state index in [1.165, 1.54) is 37.8 Å². The van der Waals surface area contributed by atoms with E-state index in [2.05, 4.69) is 5.32 Å². The molecule has 0 saturated heterocycles. The van der Waals surface area contributed by atoms with E-state index in [1.807, 2.05) is 0 Å². The van der Waals surface area contributed by atoms with Gasteiger partial charge < -0.3 is 5.32 Å². The quantitative estimate of drug-likeness (QED) is 0.853. The van der Waals surface area contributed by atoms with Gasteiger partial charge in [0, 0.05) is 6.54 Å². The van der Waals surface area contributed by atoms with Crippen LogP contribution in [0.2, 0.25) is 0 Å². The Morgan fingerprint density at radius 1 is 1.29 bits per heavy atom. The third-order valence-electron chi connectivity index (χ3n) is 3.43. The molecule has 3 heteroatoms. The number of benzene rings is 1. The van der Waals surface area contributed by atoms with Crippen LogP contribution in [0.5, 0.6) is 0 Å². The second-order valence-corrected chi connectivity index (χ2v) is 4.67. The van der Waals surface area contributed by atoms with Crippen LogP contribution in [0.4, 0.5) is 4.39 Å². The van der Waals surface area contributed by atoms with Crippen molar-refractivity contribution in [2.45, 2.75) is 32.1 Å². The summed E-state index contributed by atoms with van der Waals surface area (Å²) in [6, 6.07) is 6.09. The number of halogens is 1. The molecule has 0 atom stereocenters.